The van der Waals surface area contributed by atoms with Crippen molar-refractivity contribution in [1.82, 2.24) is 14.7 Å². The Morgan fingerprint density at radius 1 is 1.05 bits per heavy atom. The van der Waals surface area contributed by atoms with Gasteiger partial charge in [-0.25, -0.2) is 0 Å². The van der Waals surface area contributed by atoms with Gasteiger partial charge in [0.25, 0.3) is 0 Å². The molecule has 0 spiro atoms. The minimum absolute atomic E-state index is 0. The highest BCUT2D eigenvalue weighted by molar-refractivity contribution is 8.93. The summed E-state index contributed by atoms with van der Waals surface area (Å²) in [6.45, 7) is 14.3. The molecule has 0 aliphatic carbocycles. The Morgan fingerprint density at radius 2 is 1.59 bits per heavy atom. The Bertz CT molecular complexity index is 319. The van der Waals surface area contributed by atoms with Gasteiger partial charge in [-0.1, -0.05) is 0 Å². The fourth-order valence-corrected chi connectivity index (χ4v) is 2.89. The third-order valence-corrected chi connectivity index (χ3v) is 4.42. The molecule has 130 valence electrons. The molecule has 0 N–H and O–H groups in total. The van der Waals surface area contributed by atoms with Crippen LogP contribution in [-0.4, -0.2) is 98.9 Å². The molecule has 0 saturated carbocycles. The summed E-state index contributed by atoms with van der Waals surface area (Å²) in [5, 5.41) is 0. The highest BCUT2D eigenvalue weighted by Crippen LogP contribution is 2.08. The van der Waals surface area contributed by atoms with Crippen molar-refractivity contribution in [2.75, 3.05) is 72.2 Å². The molecule has 1 unspecified atom stereocenters. The quantitative estimate of drug-likeness (QED) is 0.625. The topological polar surface area (TPSA) is 45.2 Å². The van der Waals surface area contributed by atoms with Gasteiger partial charge in [-0.3, -0.25) is 19.5 Å². The van der Waals surface area contributed by atoms with E-state index < -0.39 is 0 Å². The van der Waals surface area contributed by atoms with Gasteiger partial charge in [-0.2, -0.15) is 0 Å². The van der Waals surface area contributed by atoms with Gasteiger partial charge in [-0.05, 0) is 13.8 Å². The summed E-state index contributed by atoms with van der Waals surface area (Å²) < 4.78 is 10.5. The number of hydrogen-bond donors (Lipinski definition) is 0. The molecule has 2 saturated heterocycles. The van der Waals surface area contributed by atoms with Crippen LogP contribution in [-0.2, 0) is 14.3 Å². The monoisotopic (exact) mass is 379 g/mol. The maximum atomic E-state index is 11.8. The van der Waals surface area contributed by atoms with E-state index in [2.05, 4.69) is 14.7 Å². The SMILES string of the molecule is Br.CCOC(=O)C(C)N1CCN(CCN2CCOCC2)CC1. The third kappa shape index (κ3) is 6.12. The molecule has 2 fully saturated rings. The number of piperazine rings is 1. The van der Waals surface area contributed by atoms with Crippen LogP contribution in [0.25, 0.3) is 0 Å². The molecule has 2 aliphatic heterocycles. The van der Waals surface area contributed by atoms with Gasteiger partial charge < -0.3 is 9.47 Å². The summed E-state index contributed by atoms with van der Waals surface area (Å²) in [5.41, 5.74) is 0. The number of ether oxygens (including phenoxy) is 2. The highest BCUT2D eigenvalue weighted by atomic mass is 79.9. The molecule has 0 aromatic heterocycles. The van der Waals surface area contributed by atoms with Crippen molar-refractivity contribution in [2.45, 2.75) is 19.9 Å². The second-order valence-electron chi connectivity index (χ2n) is 5.76. The second-order valence-corrected chi connectivity index (χ2v) is 5.76. The van der Waals surface area contributed by atoms with Gasteiger partial charge in [0.1, 0.15) is 6.04 Å². The fourth-order valence-electron chi connectivity index (χ4n) is 2.89. The lowest BCUT2D eigenvalue weighted by molar-refractivity contribution is -0.149. The Balaban J connectivity index is 0.00000242. The lowest BCUT2D eigenvalue weighted by Gasteiger charge is -2.38. The van der Waals surface area contributed by atoms with E-state index in [1.54, 1.807) is 0 Å². The number of rotatable bonds is 6. The summed E-state index contributed by atoms with van der Waals surface area (Å²) in [7, 11) is 0. The number of halogens is 1. The van der Waals surface area contributed by atoms with Crippen molar-refractivity contribution in [3.63, 3.8) is 0 Å². The number of morpholine rings is 1. The van der Waals surface area contributed by atoms with Crippen LogP contribution in [0.3, 0.4) is 0 Å². The van der Waals surface area contributed by atoms with Crippen LogP contribution in [0.4, 0.5) is 0 Å². The van der Waals surface area contributed by atoms with Gasteiger partial charge in [0.05, 0.1) is 19.8 Å². The average Bonchev–Trinajstić information content (AvgIpc) is 2.54. The van der Waals surface area contributed by atoms with Crippen LogP contribution in [0.1, 0.15) is 13.8 Å². The Kier molecular flexibility index (Phi) is 9.51. The smallest absolute Gasteiger partial charge is 0.323 e. The van der Waals surface area contributed by atoms with E-state index in [9.17, 15) is 4.79 Å². The molecule has 22 heavy (non-hydrogen) atoms. The second kappa shape index (κ2) is 10.5. The summed E-state index contributed by atoms with van der Waals surface area (Å²) in [4.78, 5) is 18.9. The first-order valence-electron chi connectivity index (χ1n) is 8.14. The minimum Gasteiger partial charge on any atom is -0.465 e. The van der Waals surface area contributed by atoms with Crippen molar-refractivity contribution in [3.05, 3.63) is 0 Å². The summed E-state index contributed by atoms with van der Waals surface area (Å²) in [6.07, 6.45) is 0. The Labute approximate surface area is 144 Å². The zero-order valence-electron chi connectivity index (χ0n) is 13.8. The number of nitrogens with zero attached hydrogens (tertiary/aromatic N) is 3. The molecular weight excluding hydrogens is 350 g/mol. The highest BCUT2D eigenvalue weighted by Gasteiger charge is 2.26. The molecule has 0 aromatic rings. The van der Waals surface area contributed by atoms with E-state index in [4.69, 9.17) is 9.47 Å². The predicted molar refractivity (Wildman–Crippen MR) is 91.7 cm³/mol. The molecule has 1 atom stereocenters. The fraction of sp³-hybridized carbons (Fsp3) is 0.933. The van der Waals surface area contributed by atoms with Gasteiger partial charge in [0, 0.05) is 52.4 Å². The molecule has 2 heterocycles. The minimum atomic E-state index is -0.119. The normalized spacial score (nSPS) is 22.8. The third-order valence-electron chi connectivity index (χ3n) is 4.42. The van der Waals surface area contributed by atoms with Gasteiger partial charge in [-0.15, -0.1) is 17.0 Å². The standard InChI is InChI=1S/C15H29N3O3.BrH/c1-3-21-15(19)14(2)18-8-6-16(7-9-18)4-5-17-10-12-20-13-11-17;/h14H,3-13H2,1-2H3;1H. The van der Waals surface area contributed by atoms with E-state index in [0.717, 1.165) is 65.6 Å². The molecule has 0 radical (unpaired) electrons. The van der Waals surface area contributed by atoms with E-state index in [-0.39, 0.29) is 29.0 Å². The lowest BCUT2D eigenvalue weighted by atomic mass is 10.2. The first-order valence-corrected chi connectivity index (χ1v) is 8.14. The molecule has 7 heteroatoms. The van der Waals surface area contributed by atoms with E-state index in [1.807, 2.05) is 13.8 Å². The maximum absolute atomic E-state index is 11.8. The van der Waals surface area contributed by atoms with Crippen molar-refractivity contribution < 1.29 is 14.3 Å². The molecule has 0 bridgehead atoms. The molecule has 0 amide bonds. The van der Waals surface area contributed by atoms with Gasteiger partial charge in [0.15, 0.2) is 0 Å². The van der Waals surface area contributed by atoms with Crippen LogP contribution in [0.5, 0.6) is 0 Å². The lowest BCUT2D eigenvalue weighted by Crippen LogP contribution is -2.53. The number of esters is 1. The molecule has 2 rings (SSSR count). The summed E-state index contributed by atoms with van der Waals surface area (Å²) >= 11 is 0. The number of carbonyl (C=O) groups is 1. The van der Waals surface area contributed by atoms with Gasteiger partial charge >= 0.3 is 5.97 Å². The van der Waals surface area contributed by atoms with Crippen LogP contribution in [0.2, 0.25) is 0 Å². The summed E-state index contributed by atoms with van der Waals surface area (Å²) in [6, 6.07) is -0.119. The van der Waals surface area contributed by atoms with E-state index >= 15 is 0 Å². The first-order chi connectivity index (χ1) is 10.2. The number of hydrogen-bond acceptors (Lipinski definition) is 6. The Morgan fingerprint density at radius 3 is 2.14 bits per heavy atom. The molecule has 0 aromatic carbocycles. The van der Waals surface area contributed by atoms with Crippen LogP contribution < -0.4 is 0 Å². The predicted octanol–water partition coefficient (Wildman–Crippen LogP) is 0.466. The van der Waals surface area contributed by atoms with Crippen molar-refractivity contribution in [2.24, 2.45) is 0 Å². The van der Waals surface area contributed by atoms with Crippen LogP contribution in [0, 0.1) is 0 Å². The van der Waals surface area contributed by atoms with Crippen LogP contribution in [0.15, 0.2) is 0 Å². The van der Waals surface area contributed by atoms with Gasteiger partial charge in [0.2, 0.25) is 0 Å². The summed E-state index contributed by atoms with van der Waals surface area (Å²) in [5.74, 6) is -0.0979. The van der Waals surface area contributed by atoms with Crippen molar-refractivity contribution in [3.8, 4) is 0 Å². The van der Waals surface area contributed by atoms with Crippen molar-refractivity contribution in [1.29, 1.82) is 0 Å². The van der Waals surface area contributed by atoms with E-state index in [0.29, 0.717) is 6.61 Å². The Hall–Kier alpha value is -0.210. The maximum Gasteiger partial charge on any atom is 0.323 e. The molecule has 6 nitrogen and oxygen atoms in total. The molecule has 2 aliphatic rings. The van der Waals surface area contributed by atoms with E-state index in [1.165, 1.54) is 0 Å². The first kappa shape index (κ1) is 19.8. The number of carbonyl (C=O) groups excluding carboxylic acids is 1. The zero-order valence-corrected chi connectivity index (χ0v) is 15.5. The average molecular weight is 380 g/mol. The zero-order chi connectivity index (χ0) is 15.1. The van der Waals surface area contributed by atoms with Crippen LogP contribution >= 0.6 is 17.0 Å². The molecular formula is C15H30BrN3O3. The van der Waals surface area contributed by atoms with Crippen molar-refractivity contribution >= 4 is 23.0 Å². The largest absolute Gasteiger partial charge is 0.465 e.